The lowest BCUT2D eigenvalue weighted by Crippen LogP contribution is -1.94. The molecule has 0 saturated carbocycles. The zero-order valence-electron chi connectivity index (χ0n) is 20.6. The van der Waals surface area contributed by atoms with Gasteiger partial charge in [-0.15, -0.1) is 0 Å². The summed E-state index contributed by atoms with van der Waals surface area (Å²) in [4.78, 5) is 5.08. The van der Waals surface area contributed by atoms with Gasteiger partial charge in [0.2, 0.25) is 0 Å². The molecule has 0 aliphatic heterocycles. The number of nitrogens with zero attached hydrogens (tertiary/aromatic N) is 1. The third-order valence-corrected chi connectivity index (χ3v) is 7.22. The lowest BCUT2D eigenvalue weighted by molar-refractivity contribution is 0.539. The summed E-state index contributed by atoms with van der Waals surface area (Å²) in [5.41, 5.74) is 3.78. The molecule has 1 nitrogen and oxygen atoms in total. The maximum Gasteiger partial charge on any atom is 0.0790 e. The summed E-state index contributed by atoms with van der Waals surface area (Å²) in [6, 6.07) is 21.9. The number of benzene rings is 3. The average Bonchev–Trinajstić information content (AvgIpc) is 2.86. The number of hydrogen-bond donors (Lipinski definition) is 0. The number of aromatic nitrogens is 1. The number of fused-ring (bicyclic) bond motifs is 4. The summed E-state index contributed by atoms with van der Waals surface area (Å²) in [5.74, 6) is 0. The Labute approximate surface area is 200 Å². The van der Waals surface area contributed by atoms with Crippen LogP contribution in [0, 0.1) is 0 Å². The molecule has 0 bridgehead atoms. The Morgan fingerprint density at radius 3 is 1.79 bits per heavy atom. The summed E-state index contributed by atoms with van der Waals surface area (Å²) >= 11 is 0. The molecule has 0 atom stereocenters. The number of pyridine rings is 1. The van der Waals surface area contributed by atoms with E-state index in [1.54, 1.807) is 0 Å². The molecule has 174 valence electrons. The van der Waals surface area contributed by atoms with Gasteiger partial charge in [-0.25, -0.2) is 4.98 Å². The summed E-state index contributed by atoms with van der Waals surface area (Å²) < 4.78 is 0. The van der Waals surface area contributed by atoms with Crippen LogP contribution >= 0.6 is 0 Å². The van der Waals surface area contributed by atoms with E-state index >= 15 is 0 Å². The molecule has 4 aromatic rings. The van der Waals surface area contributed by atoms with Crippen LogP contribution < -0.4 is 0 Å². The number of unbranched alkanes of at least 4 members (excludes halogenated alkanes) is 12. The van der Waals surface area contributed by atoms with Gasteiger partial charge in [0.25, 0.3) is 0 Å². The van der Waals surface area contributed by atoms with E-state index in [1.807, 2.05) is 0 Å². The molecule has 4 rings (SSSR count). The van der Waals surface area contributed by atoms with Crippen molar-refractivity contribution in [3.05, 3.63) is 66.2 Å². The van der Waals surface area contributed by atoms with E-state index in [4.69, 9.17) is 4.98 Å². The van der Waals surface area contributed by atoms with Gasteiger partial charge < -0.3 is 0 Å². The van der Waals surface area contributed by atoms with Gasteiger partial charge in [-0.05, 0) is 29.9 Å². The van der Waals surface area contributed by atoms with Crippen molar-refractivity contribution in [3.8, 4) is 0 Å². The monoisotopic (exact) mass is 439 g/mol. The van der Waals surface area contributed by atoms with Gasteiger partial charge in [0.05, 0.1) is 11.0 Å². The quantitative estimate of drug-likeness (QED) is 0.108. The standard InChI is InChI=1S/C32H41N/c1-2-3-4-5-6-7-8-9-10-11-12-13-14-21-28-29-22-17-18-23-31(29)33-32-27-20-16-15-19-26(27)24-25-30(28)32/h15-20,22-25H,2-14,21H2,1H3. The maximum absolute atomic E-state index is 5.08. The second-order valence-electron chi connectivity index (χ2n) is 9.78. The van der Waals surface area contributed by atoms with Crippen LogP contribution in [0.2, 0.25) is 0 Å². The zero-order valence-corrected chi connectivity index (χ0v) is 20.6. The van der Waals surface area contributed by atoms with Gasteiger partial charge >= 0.3 is 0 Å². The molecule has 1 heteroatoms. The highest BCUT2D eigenvalue weighted by molar-refractivity contribution is 6.10. The van der Waals surface area contributed by atoms with Crippen molar-refractivity contribution < 1.29 is 0 Å². The summed E-state index contributed by atoms with van der Waals surface area (Å²) in [6.45, 7) is 2.29. The predicted octanol–water partition coefficient (Wildman–Crippen LogP) is 10.2. The SMILES string of the molecule is CCCCCCCCCCCCCCCc1c2ccccc2nc2c1ccc1ccccc12. The molecule has 3 aromatic carbocycles. The van der Waals surface area contributed by atoms with E-state index in [-0.39, 0.29) is 0 Å². The Morgan fingerprint density at radius 1 is 0.515 bits per heavy atom. The van der Waals surface area contributed by atoms with Crippen LogP contribution in [0.15, 0.2) is 60.7 Å². The molecule has 0 spiro atoms. The molecule has 0 aliphatic carbocycles. The van der Waals surface area contributed by atoms with Crippen LogP contribution in [0.25, 0.3) is 32.6 Å². The Morgan fingerprint density at radius 2 is 1.09 bits per heavy atom. The van der Waals surface area contributed by atoms with Gasteiger partial charge in [-0.1, -0.05) is 139 Å². The third kappa shape index (κ3) is 6.34. The Kier molecular flexibility index (Phi) is 9.16. The predicted molar refractivity (Wildman–Crippen MR) is 146 cm³/mol. The maximum atomic E-state index is 5.08. The Balaban J connectivity index is 1.29. The van der Waals surface area contributed by atoms with Crippen LogP contribution in [0.5, 0.6) is 0 Å². The number of hydrogen-bond acceptors (Lipinski definition) is 1. The fourth-order valence-electron chi connectivity index (χ4n) is 5.30. The molecule has 33 heavy (non-hydrogen) atoms. The van der Waals surface area contributed by atoms with E-state index in [0.717, 1.165) is 17.5 Å². The summed E-state index contributed by atoms with van der Waals surface area (Å²) in [5, 5.41) is 5.22. The van der Waals surface area contributed by atoms with Crippen LogP contribution in [0.1, 0.15) is 96.0 Å². The molecule has 0 amide bonds. The molecule has 0 unspecified atom stereocenters. The fourth-order valence-corrected chi connectivity index (χ4v) is 5.30. The highest BCUT2D eigenvalue weighted by atomic mass is 14.7. The van der Waals surface area contributed by atoms with Gasteiger partial charge in [-0.2, -0.15) is 0 Å². The first-order valence-corrected chi connectivity index (χ1v) is 13.6. The first-order valence-electron chi connectivity index (χ1n) is 13.6. The van der Waals surface area contributed by atoms with Crippen molar-refractivity contribution in [3.63, 3.8) is 0 Å². The van der Waals surface area contributed by atoms with Crippen molar-refractivity contribution in [1.29, 1.82) is 0 Å². The topological polar surface area (TPSA) is 12.9 Å². The highest BCUT2D eigenvalue weighted by Crippen LogP contribution is 2.32. The minimum absolute atomic E-state index is 1.13. The van der Waals surface area contributed by atoms with E-state index in [1.165, 1.54) is 111 Å². The van der Waals surface area contributed by atoms with Gasteiger partial charge in [0, 0.05) is 16.2 Å². The average molecular weight is 440 g/mol. The molecule has 0 N–H and O–H groups in total. The van der Waals surface area contributed by atoms with Crippen molar-refractivity contribution >= 4 is 32.6 Å². The lowest BCUT2D eigenvalue weighted by atomic mass is 9.95. The van der Waals surface area contributed by atoms with Crippen LogP contribution in [0.4, 0.5) is 0 Å². The van der Waals surface area contributed by atoms with Crippen molar-refractivity contribution in [2.45, 2.75) is 96.8 Å². The highest BCUT2D eigenvalue weighted by Gasteiger charge is 2.11. The van der Waals surface area contributed by atoms with Crippen molar-refractivity contribution in [2.75, 3.05) is 0 Å². The number of aryl methyl sites for hydroxylation is 1. The van der Waals surface area contributed by atoms with E-state index in [2.05, 4.69) is 67.6 Å². The smallest absolute Gasteiger partial charge is 0.0790 e. The first kappa shape index (κ1) is 23.7. The normalized spacial score (nSPS) is 11.7. The number of rotatable bonds is 14. The van der Waals surface area contributed by atoms with Crippen molar-refractivity contribution in [1.82, 2.24) is 4.98 Å². The second kappa shape index (κ2) is 12.7. The minimum atomic E-state index is 1.13. The van der Waals surface area contributed by atoms with Gasteiger partial charge in [0.1, 0.15) is 0 Å². The van der Waals surface area contributed by atoms with Crippen molar-refractivity contribution in [2.24, 2.45) is 0 Å². The zero-order chi connectivity index (χ0) is 22.7. The lowest BCUT2D eigenvalue weighted by Gasteiger charge is -2.13. The molecule has 0 fully saturated rings. The van der Waals surface area contributed by atoms with E-state index < -0.39 is 0 Å². The molecule has 0 radical (unpaired) electrons. The van der Waals surface area contributed by atoms with Gasteiger partial charge in [0.15, 0.2) is 0 Å². The van der Waals surface area contributed by atoms with Crippen LogP contribution in [-0.4, -0.2) is 4.98 Å². The largest absolute Gasteiger partial charge is 0.247 e. The molecule has 0 aliphatic rings. The molecule has 0 saturated heterocycles. The van der Waals surface area contributed by atoms with Crippen LogP contribution in [0.3, 0.4) is 0 Å². The second-order valence-corrected chi connectivity index (χ2v) is 9.78. The summed E-state index contributed by atoms with van der Waals surface area (Å²) in [6.07, 6.45) is 19.4. The van der Waals surface area contributed by atoms with E-state index in [0.29, 0.717) is 0 Å². The Bertz CT molecular complexity index is 1140. The minimum Gasteiger partial charge on any atom is -0.247 e. The molecule has 1 heterocycles. The molecule has 1 aromatic heterocycles. The third-order valence-electron chi connectivity index (χ3n) is 7.22. The van der Waals surface area contributed by atoms with E-state index in [9.17, 15) is 0 Å². The Hall–Kier alpha value is -2.41. The first-order chi connectivity index (χ1) is 16.4. The molecular weight excluding hydrogens is 398 g/mol. The molecular formula is C32H41N. The summed E-state index contributed by atoms with van der Waals surface area (Å²) in [7, 11) is 0. The van der Waals surface area contributed by atoms with Gasteiger partial charge in [-0.3, -0.25) is 0 Å². The number of para-hydroxylation sites is 1. The fraction of sp³-hybridized carbons (Fsp3) is 0.469. The van der Waals surface area contributed by atoms with Crippen LogP contribution in [-0.2, 0) is 6.42 Å².